The lowest BCUT2D eigenvalue weighted by molar-refractivity contribution is 0.0599. The standard InChI is InChI=1S/C16H18N2O3/c1-3-11-6-4-5-7-12(11)10-21-14-8-13(16(19)20-2)9-18-15(14)17/h4-9H,3,10H2,1-2H3,(H2,17,18). The molecule has 21 heavy (non-hydrogen) atoms. The Morgan fingerprint density at radius 3 is 2.67 bits per heavy atom. The van der Waals surface area contributed by atoms with Crippen molar-refractivity contribution in [3.63, 3.8) is 0 Å². The highest BCUT2D eigenvalue weighted by Crippen LogP contribution is 2.22. The van der Waals surface area contributed by atoms with Crippen molar-refractivity contribution in [3.8, 4) is 5.75 Å². The first-order valence-electron chi connectivity index (χ1n) is 6.69. The summed E-state index contributed by atoms with van der Waals surface area (Å²) in [5.41, 5.74) is 8.39. The highest BCUT2D eigenvalue weighted by molar-refractivity contribution is 5.89. The predicted molar refractivity (Wildman–Crippen MR) is 80.1 cm³/mol. The first kappa shape index (κ1) is 14.8. The van der Waals surface area contributed by atoms with E-state index in [1.807, 2.05) is 18.2 Å². The number of ether oxygens (including phenoxy) is 2. The number of nitrogens with two attached hydrogens (primary N) is 1. The van der Waals surface area contributed by atoms with Gasteiger partial charge in [-0.25, -0.2) is 9.78 Å². The molecule has 0 saturated carbocycles. The fourth-order valence-corrected chi connectivity index (χ4v) is 2.00. The van der Waals surface area contributed by atoms with E-state index in [1.54, 1.807) is 6.07 Å². The summed E-state index contributed by atoms with van der Waals surface area (Å²) in [7, 11) is 1.32. The van der Waals surface area contributed by atoms with Crippen LogP contribution in [0.15, 0.2) is 36.5 Å². The topological polar surface area (TPSA) is 74.4 Å². The number of rotatable bonds is 5. The molecule has 0 amide bonds. The maximum absolute atomic E-state index is 11.5. The third-order valence-corrected chi connectivity index (χ3v) is 3.19. The molecule has 0 bridgehead atoms. The zero-order chi connectivity index (χ0) is 15.2. The molecule has 110 valence electrons. The van der Waals surface area contributed by atoms with Crippen molar-refractivity contribution in [2.24, 2.45) is 0 Å². The molecule has 2 aromatic rings. The van der Waals surface area contributed by atoms with E-state index in [0.717, 1.165) is 12.0 Å². The van der Waals surface area contributed by atoms with Gasteiger partial charge in [0.1, 0.15) is 6.61 Å². The smallest absolute Gasteiger partial charge is 0.339 e. The minimum Gasteiger partial charge on any atom is -0.485 e. The van der Waals surface area contributed by atoms with Crippen molar-refractivity contribution in [2.75, 3.05) is 12.8 Å². The molecule has 0 radical (unpaired) electrons. The number of methoxy groups -OCH3 is 1. The maximum atomic E-state index is 11.5. The van der Waals surface area contributed by atoms with E-state index in [-0.39, 0.29) is 5.82 Å². The Morgan fingerprint density at radius 2 is 2.00 bits per heavy atom. The second kappa shape index (κ2) is 6.74. The van der Waals surface area contributed by atoms with E-state index in [9.17, 15) is 4.79 Å². The molecule has 2 rings (SSSR count). The average molecular weight is 286 g/mol. The first-order valence-corrected chi connectivity index (χ1v) is 6.69. The van der Waals surface area contributed by atoms with Crippen molar-refractivity contribution < 1.29 is 14.3 Å². The normalized spacial score (nSPS) is 10.2. The second-order valence-corrected chi connectivity index (χ2v) is 4.51. The second-order valence-electron chi connectivity index (χ2n) is 4.51. The van der Waals surface area contributed by atoms with E-state index in [2.05, 4.69) is 22.7 Å². The molecule has 2 N–H and O–H groups in total. The minimum atomic E-state index is -0.471. The van der Waals surface area contributed by atoms with Gasteiger partial charge >= 0.3 is 5.97 Å². The van der Waals surface area contributed by atoms with Crippen LogP contribution >= 0.6 is 0 Å². The van der Waals surface area contributed by atoms with Gasteiger partial charge in [-0.1, -0.05) is 31.2 Å². The van der Waals surface area contributed by atoms with Crippen LogP contribution in [0.5, 0.6) is 5.75 Å². The van der Waals surface area contributed by atoms with Crippen LogP contribution in [0, 0.1) is 0 Å². The third kappa shape index (κ3) is 3.51. The van der Waals surface area contributed by atoms with E-state index >= 15 is 0 Å². The molecule has 1 aromatic heterocycles. The lowest BCUT2D eigenvalue weighted by Gasteiger charge is -2.11. The van der Waals surface area contributed by atoms with E-state index in [0.29, 0.717) is 17.9 Å². The van der Waals surface area contributed by atoms with E-state index < -0.39 is 5.97 Å². The molecule has 1 aromatic carbocycles. The number of carbonyl (C=O) groups excluding carboxylic acids is 1. The molecule has 1 heterocycles. The first-order chi connectivity index (χ1) is 10.2. The molecule has 0 aliphatic heterocycles. The number of esters is 1. The van der Waals surface area contributed by atoms with Gasteiger partial charge in [0, 0.05) is 12.3 Å². The molecule has 0 spiro atoms. The zero-order valence-electron chi connectivity index (χ0n) is 12.1. The van der Waals surface area contributed by atoms with Gasteiger partial charge in [-0.15, -0.1) is 0 Å². The van der Waals surface area contributed by atoms with Gasteiger partial charge in [0.2, 0.25) is 0 Å². The molecule has 0 aliphatic carbocycles. The fraction of sp³-hybridized carbons (Fsp3) is 0.250. The number of carbonyl (C=O) groups is 1. The summed E-state index contributed by atoms with van der Waals surface area (Å²) in [6, 6.07) is 9.57. The van der Waals surface area contributed by atoms with Gasteiger partial charge in [-0.3, -0.25) is 0 Å². The van der Waals surface area contributed by atoms with E-state index in [4.69, 9.17) is 10.5 Å². The number of anilines is 1. The van der Waals surface area contributed by atoms with Crippen molar-refractivity contribution in [1.82, 2.24) is 4.98 Å². The third-order valence-electron chi connectivity index (χ3n) is 3.19. The molecule has 5 nitrogen and oxygen atoms in total. The summed E-state index contributed by atoms with van der Waals surface area (Å²) in [6.45, 7) is 2.47. The Hall–Kier alpha value is -2.56. The Bertz CT molecular complexity index is 641. The predicted octanol–water partition coefficient (Wildman–Crippen LogP) is 2.59. The van der Waals surface area contributed by atoms with Crippen LogP contribution < -0.4 is 10.5 Å². The molecular formula is C16H18N2O3. The van der Waals surface area contributed by atoms with Gasteiger partial charge in [0.05, 0.1) is 12.7 Å². The number of hydrogen-bond acceptors (Lipinski definition) is 5. The molecule has 0 aliphatic rings. The van der Waals surface area contributed by atoms with Crippen LogP contribution in [0.4, 0.5) is 5.82 Å². The Labute approximate surface area is 123 Å². The van der Waals surface area contributed by atoms with Crippen LogP contribution in [-0.2, 0) is 17.8 Å². The molecular weight excluding hydrogens is 268 g/mol. The molecule has 0 unspecified atom stereocenters. The number of hydrogen-bond donors (Lipinski definition) is 1. The Kier molecular flexibility index (Phi) is 4.77. The Balaban J connectivity index is 2.17. The minimum absolute atomic E-state index is 0.247. The zero-order valence-corrected chi connectivity index (χ0v) is 12.1. The average Bonchev–Trinajstić information content (AvgIpc) is 2.53. The summed E-state index contributed by atoms with van der Waals surface area (Å²) in [4.78, 5) is 15.4. The van der Waals surface area contributed by atoms with E-state index in [1.165, 1.54) is 18.9 Å². The lowest BCUT2D eigenvalue weighted by atomic mass is 10.1. The summed E-state index contributed by atoms with van der Waals surface area (Å²) in [5, 5.41) is 0. The van der Waals surface area contributed by atoms with Crippen LogP contribution in [-0.4, -0.2) is 18.1 Å². The molecule has 0 atom stereocenters. The maximum Gasteiger partial charge on any atom is 0.339 e. The van der Waals surface area contributed by atoms with Gasteiger partial charge < -0.3 is 15.2 Å². The molecule has 5 heteroatoms. The number of aromatic nitrogens is 1. The van der Waals surface area contributed by atoms with Gasteiger partial charge in [-0.2, -0.15) is 0 Å². The molecule has 0 fully saturated rings. The summed E-state index contributed by atoms with van der Waals surface area (Å²) in [5.74, 6) is 0.154. The summed E-state index contributed by atoms with van der Waals surface area (Å²) >= 11 is 0. The van der Waals surface area contributed by atoms with Crippen molar-refractivity contribution >= 4 is 11.8 Å². The fourth-order valence-electron chi connectivity index (χ4n) is 2.00. The van der Waals surface area contributed by atoms with Crippen molar-refractivity contribution in [3.05, 3.63) is 53.2 Å². The van der Waals surface area contributed by atoms with Crippen molar-refractivity contribution in [2.45, 2.75) is 20.0 Å². The highest BCUT2D eigenvalue weighted by atomic mass is 16.5. The van der Waals surface area contributed by atoms with Gasteiger partial charge in [-0.05, 0) is 17.5 Å². The number of nitrogen functional groups attached to an aromatic ring is 1. The number of aryl methyl sites for hydroxylation is 1. The van der Waals surface area contributed by atoms with Crippen LogP contribution in [0.2, 0.25) is 0 Å². The number of pyridine rings is 1. The molecule has 0 saturated heterocycles. The number of benzene rings is 1. The SMILES string of the molecule is CCc1ccccc1COc1cc(C(=O)OC)cnc1N. The quantitative estimate of drug-likeness (QED) is 0.855. The van der Waals surface area contributed by atoms with Crippen LogP contribution in [0.25, 0.3) is 0 Å². The van der Waals surface area contributed by atoms with Crippen LogP contribution in [0.3, 0.4) is 0 Å². The van der Waals surface area contributed by atoms with Crippen molar-refractivity contribution in [1.29, 1.82) is 0 Å². The van der Waals surface area contributed by atoms with Gasteiger partial charge in [0.25, 0.3) is 0 Å². The highest BCUT2D eigenvalue weighted by Gasteiger charge is 2.11. The lowest BCUT2D eigenvalue weighted by Crippen LogP contribution is -2.06. The summed E-state index contributed by atoms with van der Waals surface area (Å²) < 4.78 is 10.4. The summed E-state index contributed by atoms with van der Waals surface area (Å²) in [6.07, 6.45) is 2.30. The van der Waals surface area contributed by atoms with Gasteiger partial charge in [0.15, 0.2) is 11.6 Å². The Morgan fingerprint density at radius 1 is 1.29 bits per heavy atom. The number of nitrogens with zero attached hydrogens (tertiary/aromatic N) is 1. The largest absolute Gasteiger partial charge is 0.485 e. The monoisotopic (exact) mass is 286 g/mol. The van der Waals surface area contributed by atoms with Crippen LogP contribution in [0.1, 0.15) is 28.4 Å².